The third kappa shape index (κ3) is 3.78. The first kappa shape index (κ1) is 16.5. The number of nitrogens with one attached hydrogen (secondary N) is 3. The van der Waals surface area contributed by atoms with Crippen molar-refractivity contribution >= 4 is 38.8 Å². The Balaban J connectivity index is 1.84. The number of carboxylic acids is 1. The van der Waals surface area contributed by atoms with Crippen LogP contribution in [0.3, 0.4) is 0 Å². The fourth-order valence-corrected chi connectivity index (χ4v) is 3.29. The van der Waals surface area contributed by atoms with Crippen LogP contribution in [0.25, 0.3) is 17.1 Å². The van der Waals surface area contributed by atoms with E-state index >= 15 is 0 Å². The maximum atomic E-state index is 12.4. The van der Waals surface area contributed by atoms with Crippen LogP contribution in [0.15, 0.2) is 58.2 Å². The van der Waals surface area contributed by atoms with Crippen molar-refractivity contribution < 1.29 is 18.3 Å². The van der Waals surface area contributed by atoms with E-state index in [1.54, 1.807) is 6.07 Å². The lowest BCUT2D eigenvalue weighted by Gasteiger charge is -2.08. The predicted molar refractivity (Wildman–Crippen MR) is 92.8 cm³/mol. The van der Waals surface area contributed by atoms with Crippen LogP contribution < -0.4 is 10.4 Å². The normalized spacial score (nSPS) is 11.8. The zero-order valence-corrected chi connectivity index (χ0v) is 13.5. The van der Waals surface area contributed by atoms with Crippen molar-refractivity contribution in [2.24, 2.45) is 0 Å². The minimum atomic E-state index is -3.82. The highest BCUT2D eigenvalue weighted by atomic mass is 32.2. The van der Waals surface area contributed by atoms with Gasteiger partial charge in [-0.1, -0.05) is 12.1 Å². The molecule has 1 aromatic heterocycles. The smallest absolute Gasteiger partial charge is 0.328 e. The summed E-state index contributed by atoms with van der Waals surface area (Å²) in [4.78, 5) is 26.9. The third-order valence-corrected chi connectivity index (χ3v) is 4.77. The first-order chi connectivity index (χ1) is 11.8. The number of H-pyrrole nitrogens is 2. The second-order valence-electron chi connectivity index (χ2n) is 5.19. The van der Waals surface area contributed by atoms with Gasteiger partial charge in [0.15, 0.2) is 0 Å². The number of hydrogen-bond donors (Lipinski definition) is 4. The number of hydrogen-bond acceptors (Lipinski definition) is 4. The van der Waals surface area contributed by atoms with Gasteiger partial charge in [0.25, 0.3) is 10.0 Å². The molecule has 0 aliphatic rings. The molecule has 25 heavy (non-hydrogen) atoms. The molecule has 0 aliphatic heterocycles. The summed E-state index contributed by atoms with van der Waals surface area (Å²) in [6, 6.07) is 10.4. The van der Waals surface area contributed by atoms with E-state index in [0.717, 1.165) is 6.08 Å². The first-order valence-electron chi connectivity index (χ1n) is 7.09. The SMILES string of the molecule is O=C(O)/C=C/c1ccc(S(=O)(=O)Nc2ccc3[nH]c(=O)[nH]c3c2)cc1. The van der Waals surface area contributed by atoms with Crippen molar-refractivity contribution in [2.75, 3.05) is 4.72 Å². The number of aliphatic carboxylic acids is 1. The summed E-state index contributed by atoms with van der Waals surface area (Å²) in [5, 5.41) is 8.58. The van der Waals surface area contributed by atoms with Crippen LogP contribution in [0.1, 0.15) is 5.56 Å². The fourth-order valence-electron chi connectivity index (χ4n) is 2.24. The number of fused-ring (bicyclic) bond motifs is 1. The van der Waals surface area contributed by atoms with E-state index in [1.807, 2.05) is 0 Å². The number of aromatic amines is 2. The Hall–Kier alpha value is -3.33. The van der Waals surface area contributed by atoms with E-state index in [0.29, 0.717) is 22.3 Å². The summed E-state index contributed by atoms with van der Waals surface area (Å²) in [6.45, 7) is 0. The van der Waals surface area contributed by atoms with Crippen LogP contribution in [-0.4, -0.2) is 29.5 Å². The van der Waals surface area contributed by atoms with Gasteiger partial charge in [-0.15, -0.1) is 0 Å². The molecular weight excluding hydrogens is 346 g/mol. The summed E-state index contributed by atoms with van der Waals surface area (Å²) < 4.78 is 27.3. The summed E-state index contributed by atoms with van der Waals surface area (Å²) in [7, 11) is -3.82. The Morgan fingerprint density at radius 3 is 2.40 bits per heavy atom. The zero-order valence-electron chi connectivity index (χ0n) is 12.7. The first-order valence-corrected chi connectivity index (χ1v) is 8.58. The van der Waals surface area contributed by atoms with Gasteiger partial charge in [0, 0.05) is 6.08 Å². The number of imidazole rings is 1. The van der Waals surface area contributed by atoms with Gasteiger partial charge in [0.05, 0.1) is 21.6 Å². The molecule has 128 valence electrons. The van der Waals surface area contributed by atoms with Gasteiger partial charge >= 0.3 is 11.7 Å². The predicted octanol–water partition coefficient (Wildman–Crippen LogP) is 1.75. The van der Waals surface area contributed by atoms with Gasteiger partial charge in [-0.3, -0.25) is 4.72 Å². The molecule has 3 rings (SSSR count). The van der Waals surface area contributed by atoms with Crippen LogP contribution in [0.5, 0.6) is 0 Å². The fraction of sp³-hybridized carbons (Fsp3) is 0. The molecule has 0 aliphatic carbocycles. The van der Waals surface area contributed by atoms with E-state index in [4.69, 9.17) is 5.11 Å². The van der Waals surface area contributed by atoms with Gasteiger partial charge in [-0.05, 0) is 42.0 Å². The Morgan fingerprint density at radius 2 is 1.72 bits per heavy atom. The molecule has 0 spiro atoms. The van der Waals surface area contributed by atoms with E-state index in [1.165, 1.54) is 42.5 Å². The van der Waals surface area contributed by atoms with Crippen LogP contribution in [0.4, 0.5) is 5.69 Å². The lowest BCUT2D eigenvalue weighted by molar-refractivity contribution is -0.131. The number of carbonyl (C=O) groups is 1. The maximum Gasteiger partial charge on any atom is 0.328 e. The largest absolute Gasteiger partial charge is 0.478 e. The number of carboxylic acid groups (broad SMARTS) is 1. The molecule has 0 bridgehead atoms. The summed E-state index contributed by atoms with van der Waals surface area (Å²) in [5.41, 5.74) is 1.55. The van der Waals surface area contributed by atoms with Gasteiger partial charge in [-0.25, -0.2) is 18.0 Å². The molecule has 4 N–H and O–H groups in total. The quantitative estimate of drug-likeness (QED) is 0.515. The van der Waals surface area contributed by atoms with Gasteiger partial charge < -0.3 is 15.1 Å². The molecule has 0 amide bonds. The molecule has 0 radical (unpaired) electrons. The van der Waals surface area contributed by atoms with E-state index in [-0.39, 0.29) is 10.6 Å². The van der Waals surface area contributed by atoms with E-state index < -0.39 is 16.0 Å². The average molecular weight is 359 g/mol. The van der Waals surface area contributed by atoms with Crippen molar-refractivity contribution in [3.63, 3.8) is 0 Å². The summed E-state index contributed by atoms with van der Waals surface area (Å²) in [5.74, 6) is -1.09. The van der Waals surface area contributed by atoms with E-state index in [9.17, 15) is 18.0 Å². The standard InChI is InChI=1S/C16H13N3O5S/c20-15(21)8-3-10-1-5-12(6-2-10)25(23,24)19-11-4-7-13-14(9-11)18-16(22)17-13/h1-9,19H,(H,20,21)(H2,17,18,22)/b8-3+. The Bertz CT molecular complexity index is 1120. The van der Waals surface area contributed by atoms with Crippen LogP contribution in [0.2, 0.25) is 0 Å². The minimum Gasteiger partial charge on any atom is -0.478 e. The number of aromatic nitrogens is 2. The lowest BCUT2D eigenvalue weighted by Crippen LogP contribution is -2.12. The summed E-state index contributed by atoms with van der Waals surface area (Å²) >= 11 is 0. The molecule has 2 aromatic carbocycles. The molecule has 8 nitrogen and oxygen atoms in total. The topological polar surface area (TPSA) is 132 Å². The second-order valence-corrected chi connectivity index (χ2v) is 6.87. The highest BCUT2D eigenvalue weighted by molar-refractivity contribution is 7.92. The molecule has 3 aromatic rings. The molecule has 0 fully saturated rings. The van der Waals surface area contributed by atoms with Crippen molar-refractivity contribution in [1.29, 1.82) is 0 Å². The van der Waals surface area contributed by atoms with Gasteiger partial charge in [0.1, 0.15) is 0 Å². The molecular formula is C16H13N3O5S. The molecule has 0 atom stereocenters. The van der Waals surface area contributed by atoms with Gasteiger partial charge in [0.2, 0.25) is 0 Å². The van der Waals surface area contributed by atoms with Crippen LogP contribution in [-0.2, 0) is 14.8 Å². The number of rotatable bonds is 5. The van der Waals surface area contributed by atoms with Crippen LogP contribution in [0, 0.1) is 0 Å². The molecule has 9 heteroatoms. The monoisotopic (exact) mass is 359 g/mol. The molecule has 0 saturated carbocycles. The van der Waals surface area contributed by atoms with Crippen LogP contribution >= 0.6 is 0 Å². The zero-order chi connectivity index (χ0) is 18.0. The number of benzene rings is 2. The van der Waals surface area contributed by atoms with Gasteiger partial charge in [-0.2, -0.15) is 0 Å². The Morgan fingerprint density at radius 1 is 1.04 bits per heavy atom. The van der Waals surface area contributed by atoms with Crippen molar-refractivity contribution in [2.45, 2.75) is 4.90 Å². The molecule has 1 heterocycles. The third-order valence-electron chi connectivity index (χ3n) is 3.38. The molecule has 0 unspecified atom stereocenters. The number of sulfonamides is 1. The Kier molecular flexibility index (Phi) is 4.15. The lowest BCUT2D eigenvalue weighted by atomic mass is 10.2. The molecule has 0 saturated heterocycles. The van der Waals surface area contributed by atoms with Crippen molar-refractivity contribution in [1.82, 2.24) is 9.97 Å². The average Bonchev–Trinajstić information content (AvgIpc) is 2.92. The van der Waals surface area contributed by atoms with Crippen molar-refractivity contribution in [3.05, 3.63) is 64.6 Å². The number of anilines is 1. The summed E-state index contributed by atoms with van der Waals surface area (Å²) in [6.07, 6.45) is 2.33. The maximum absolute atomic E-state index is 12.4. The second kappa shape index (κ2) is 6.29. The van der Waals surface area contributed by atoms with E-state index in [2.05, 4.69) is 14.7 Å². The van der Waals surface area contributed by atoms with Crippen molar-refractivity contribution in [3.8, 4) is 0 Å². The minimum absolute atomic E-state index is 0.0302. The Labute approximate surface area is 141 Å². The highest BCUT2D eigenvalue weighted by Gasteiger charge is 2.14. The highest BCUT2D eigenvalue weighted by Crippen LogP contribution is 2.19.